The average Bonchev–Trinajstić information content (AvgIpc) is 3.15. The molecule has 0 fully saturated rings. The van der Waals surface area contributed by atoms with Crippen LogP contribution in [0.1, 0.15) is 47.9 Å². The fourth-order valence-corrected chi connectivity index (χ4v) is 3.62. The summed E-state index contributed by atoms with van der Waals surface area (Å²) in [5.41, 5.74) is 3.21. The number of ether oxygens (including phenoxy) is 1. The molecule has 152 valence electrons. The van der Waals surface area contributed by atoms with Gasteiger partial charge in [-0.25, -0.2) is 14.4 Å². The molecule has 3 aromatic rings. The van der Waals surface area contributed by atoms with Crippen LogP contribution >= 0.6 is 11.6 Å². The first kappa shape index (κ1) is 19.8. The van der Waals surface area contributed by atoms with E-state index < -0.39 is 24.5 Å². The first-order chi connectivity index (χ1) is 14.4. The van der Waals surface area contributed by atoms with Gasteiger partial charge in [-0.2, -0.15) is 5.10 Å². The third-order valence-electron chi connectivity index (χ3n) is 4.93. The highest BCUT2D eigenvalue weighted by molar-refractivity contribution is 6.32. The number of carbonyl (C=O) groups excluding carboxylic acids is 3. The zero-order valence-electron chi connectivity index (χ0n) is 16.4. The Bertz CT molecular complexity index is 1130. The molecule has 8 heteroatoms. The average molecular weight is 424 g/mol. The Morgan fingerprint density at radius 3 is 2.20 bits per heavy atom. The molecule has 0 atom stereocenters. The Kier molecular flexibility index (Phi) is 5.13. The van der Waals surface area contributed by atoms with E-state index in [-0.39, 0.29) is 10.7 Å². The summed E-state index contributed by atoms with van der Waals surface area (Å²) in [5, 5.41) is 4.47. The van der Waals surface area contributed by atoms with Crippen LogP contribution in [0, 0.1) is 13.8 Å². The molecule has 30 heavy (non-hydrogen) atoms. The van der Waals surface area contributed by atoms with Gasteiger partial charge in [0.05, 0.1) is 23.4 Å². The number of fused-ring (bicyclic) bond motifs is 1. The molecular formula is C22H18ClN3O4. The standard InChI is InChI=1S/C22H18ClN3O4/c1-13-7-9-15(10-8-13)11-26-19(23)18(14(2)24-26)22(29)30-12-25-20(27)16-5-3-4-6-17(16)21(25)28/h3-10H,11-12H2,1-2H3. The summed E-state index contributed by atoms with van der Waals surface area (Å²) in [5.74, 6) is -1.74. The summed E-state index contributed by atoms with van der Waals surface area (Å²) >= 11 is 6.38. The van der Waals surface area contributed by atoms with Gasteiger partial charge in [-0.05, 0) is 31.5 Å². The normalized spacial score (nSPS) is 13.0. The maximum absolute atomic E-state index is 12.6. The van der Waals surface area contributed by atoms with Crippen LogP contribution in [0.4, 0.5) is 0 Å². The molecule has 0 saturated carbocycles. The largest absolute Gasteiger partial charge is 0.440 e. The van der Waals surface area contributed by atoms with Crippen molar-refractivity contribution in [1.29, 1.82) is 0 Å². The summed E-state index contributed by atoms with van der Waals surface area (Å²) in [4.78, 5) is 38.3. The van der Waals surface area contributed by atoms with Crippen molar-refractivity contribution < 1.29 is 19.1 Å². The van der Waals surface area contributed by atoms with Crippen molar-refractivity contribution in [2.45, 2.75) is 20.4 Å². The Labute approximate surface area is 177 Å². The SMILES string of the molecule is Cc1ccc(Cn2nc(C)c(C(=O)OCN3C(=O)c4ccccc4C3=O)c2Cl)cc1. The molecule has 0 unspecified atom stereocenters. The highest BCUT2D eigenvalue weighted by Gasteiger charge is 2.36. The number of esters is 1. The molecule has 0 N–H and O–H groups in total. The van der Waals surface area contributed by atoms with Crippen LogP contribution < -0.4 is 0 Å². The van der Waals surface area contributed by atoms with E-state index in [9.17, 15) is 14.4 Å². The Hall–Kier alpha value is -3.45. The van der Waals surface area contributed by atoms with Gasteiger partial charge in [-0.3, -0.25) is 9.59 Å². The molecule has 0 bridgehead atoms. The quantitative estimate of drug-likeness (QED) is 0.462. The minimum Gasteiger partial charge on any atom is -0.440 e. The van der Waals surface area contributed by atoms with Crippen LogP contribution in [0.3, 0.4) is 0 Å². The van der Waals surface area contributed by atoms with Crippen LogP contribution in [0.15, 0.2) is 48.5 Å². The second-order valence-electron chi connectivity index (χ2n) is 7.04. The first-order valence-electron chi connectivity index (χ1n) is 9.27. The molecule has 0 radical (unpaired) electrons. The number of amides is 2. The molecular weight excluding hydrogens is 406 g/mol. The van der Waals surface area contributed by atoms with Crippen LogP contribution in [0.25, 0.3) is 0 Å². The van der Waals surface area contributed by atoms with E-state index in [0.29, 0.717) is 23.4 Å². The van der Waals surface area contributed by atoms with E-state index in [2.05, 4.69) is 5.10 Å². The molecule has 0 aliphatic carbocycles. The Balaban J connectivity index is 1.48. The van der Waals surface area contributed by atoms with Gasteiger partial charge >= 0.3 is 5.97 Å². The van der Waals surface area contributed by atoms with Crippen LogP contribution in [0.2, 0.25) is 5.15 Å². The van der Waals surface area contributed by atoms with Crippen molar-refractivity contribution in [1.82, 2.24) is 14.7 Å². The molecule has 4 rings (SSSR count). The lowest BCUT2D eigenvalue weighted by atomic mass is 10.1. The molecule has 1 aromatic heterocycles. The van der Waals surface area contributed by atoms with Gasteiger partial charge in [-0.1, -0.05) is 53.6 Å². The monoisotopic (exact) mass is 423 g/mol. The van der Waals surface area contributed by atoms with E-state index in [4.69, 9.17) is 16.3 Å². The number of hydrogen-bond acceptors (Lipinski definition) is 5. The fourth-order valence-electron chi connectivity index (χ4n) is 3.31. The van der Waals surface area contributed by atoms with Crippen molar-refractivity contribution in [3.8, 4) is 0 Å². The van der Waals surface area contributed by atoms with Crippen molar-refractivity contribution in [3.63, 3.8) is 0 Å². The summed E-state index contributed by atoms with van der Waals surface area (Å²) in [6.45, 7) is 3.54. The zero-order valence-corrected chi connectivity index (χ0v) is 17.1. The molecule has 2 heterocycles. The van der Waals surface area contributed by atoms with Crippen molar-refractivity contribution >= 4 is 29.4 Å². The molecule has 2 amide bonds. The predicted molar refractivity (Wildman–Crippen MR) is 109 cm³/mol. The van der Waals surface area contributed by atoms with Crippen molar-refractivity contribution in [2.24, 2.45) is 0 Å². The van der Waals surface area contributed by atoms with Gasteiger partial charge < -0.3 is 4.74 Å². The van der Waals surface area contributed by atoms with E-state index in [0.717, 1.165) is 16.0 Å². The van der Waals surface area contributed by atoms with Crippen LogP contribution in [0.5, 0.6) is 0 Å². The molecule has 1 aliphatic heterocycles. The van der Waals surface area contributed by atoms with Gasteiger partial charge in [0.1, 0.15) is 10.7 Å². The molecule has 2 aromatic carbocycles. The molecule has 1 aliphatic rings. The van der Waals surface area contributed by atoms with Gasteiger partial charge in [0.15, 0.2) is 6.73 Å². The minimum atomic E-state index is -0.746. The number of nitrogens with zero attached hydrogens (tertiary/aromatic N) is 3. The zero-order chi connectivity index (χ0) is 21.4. The topological polar surface area (TPSA) is 81.5 Å². The van der Waals surface area contributed by atoms with E-state index >= 15 is 0 Å². The highest BCUT2D eigenvalue weighted by atomic mass is 35.5. The second-order valence-corrected chi connectivity index (χ2v) is 7.40. The number of imide groups is 1. The predicted octanol–water partition coefficient (Wildman–Crippen LogP) is 3.61. The minimum absolute atomic E-state index is 0.111. The molecule has 0 saturated heterocycles. The third-order valence-corrected chi connectivity index (χ3v) is 5.31. The summed E-state index contributed by atoms with van der Waals surface area (Å²) in [6.07, 6.45) is 0. The number of hydrogen-bond donors (Lipinski definition) is 0. The maximum atomic E-state index is 12.6. The number of rotatable bonds is 5. The van der Waals surface area contributed by atoms with Gasteiger partial charge in [0, 0.05) is 0 Å². The lowest BCUT2D eigenvalue weighted by molar-refractivity contribution is 0.0228. The Morgan fingerprint density at radius 1 is 1.00 bits per heavy atom. The highest BCUT2D eigenvalue weighted by Crippen LogP contribution is 2.24. The number of halogens is 1. The number of carbonyl (C=O) groups is 3. The summed E-state index contributed by atoms with van der Waals surface area (Å²) in [7, 11) is 0. The van der Waals surface area contributed by atoms with Crippen molar-refractivity contribution in [2.75, 3.05) is 6.73 Å². The van der Waals surface area contributed by atoms with E-state index in [1.165, 1.54) is 4.68 Å². The molecule has 0 spiro atoms. The summed E-state index contributed by atoms with van der Waals surface area (Å²) in [6, 6.07) is 14.4. The van der Waals surface area contributed by atoms with Crippen LogP contribution in [-0.2, 0) is 11.3 Å². The van der Waals surface area contributed by atoms with Gasteiger partial charge in [-0.15, -0.1) is 0 Å². The Morgan fingerprint density at radius 2 is 1.60 bits per heavy atom. The van der Waals surface area contributed by atoms with Crippen molar-refractivity contribution in [3.05, 3.63) is 87.2 Å². The van der Waals surface area contributed by atoms with Crippen LogP contribution in [-0.4, -0.2) is 39.2 Å². The number of aromatic nitrogens is 2. The third kappa shape index (κ3) is 3.48. The second kappa shape index (κ2) is 7.76. The van der Waals surface area contributed by atoms with E-state index in [1.807, 2.05) is 31.2 Å². The fraction of sp³-hybridized carbons (Fsp3) is 0.182. The molecule has 7 nitrogen and oxygen atoms in total. The number of aryl methyl sites for hydroxylation is 2. The summed E-state index contributed by atoms with van der Waals surface area (Å²) < 4.78 is 6.75. The lowest BCUT2D eigenvalue weighted by Crippen LogP contribution is -2.33. The lowest BCUT2D eigenvalue weighted by Gasteiger charge is -2.13. The van der Waals surface area contributed by atoms with E-state index in [1.54, 1.807) is 31.2 Å². The maximum Gasteiger partial charge on any atom is 0.344 e. The van der Waals surface area contributed by atoms with Gasteiger partial charge in [0.2, 0.25) is 0 Å². The van der Waals surface area contributed by atoms with Gasteiger partial charge in [0.25, 0.3) is 11.8 Å². The number of benzene rings is 2. The first-order valence-corrected chi connectivity index (χ1v) is 9.65. The smallest absolute Gasteiger partial charge is 0.344 e.